The summed E-state index contributed by atoms with van der Waals surface area (Å²) < 4.78 is 0. The lowest BCUT2D eigenvalue weighted by atomic mass is 10.0. The molecule has 3 N–H and O–H groups in total. The molecule has 0 saturated heterocycles. The number of unbranched alkanes of at least 4 members (excludes halogenated alkanes) is 27. The third kappa shape index (κ3) is 34.0. The summed E-state index contributed by atoms with van der Waals surface area (Å²) in [6.45, 7) is 4.30. The fraction of sp³-hybridized carbons (Fsp3) is 0.878. The van der Waals surface area contributed by atoms with Crippen LogP contribution in [-0.4, -0.2) is 34.9 Å². The van der Waals surface area contributed by atoms with Gasteiger partial charge in [0.25, 0.3) is 0 Å². The molecule has 0 heterocycles. The van der Waals surface area contributed by atoms with Crippen LogP contribution in [0.3, 0.4) is 0 Å². The van der Waals surface area contributed by atoms with E-state index in [1.165, 1.54) is 167 Å². The van der Waals surface area contributed by atoms with Crippen LogP contribution < -0.4 is 5.32 Å². The van der Waals surface area contributed by atoms with Crippen molar-refractivity contribution in [3.05, 3.63) is 24.3 Å². The van der Waals surface area contributed by atoms with Crippen LogP contribution in [0.5, 0.6) is 0 Å². The summed E-state index contributed by atoms with van der Waals surface area (Å²) in [5, 5.41) is 22.9. The summed E-state index contributed by atoms with van der Waals surface area (Å²) in [5.74, 6) is -0.0666. The van der Waals surface area contributed by atoms with E-state index in [4.69, 9.17) is 0 Å². The number of carbonyl (C=O) groups excluding carboxylic acids is 1. The van der Waals surface area contributed by atoms with E-state index in [2.05, 4.69) is 31.3 Å². The molecule has 4 heteroatoms. The summed E-state index contributed by atoms with van der Waals surface area (Å²) in [5.41, 5.74) is 0. The van der Waals surface area contributed by atoms with Gasteiger partial charge < -0.3 is 15.5 Å². The monoisotopic (exact) mass is 634 g/mol. The molecule has 1 amide bonds. The van der Waals surface area contributed by atoms with Gasteiger partial charge in [-0.25, -0.2) is 0 Å². The molecule has 0 spiro atoms. The molecule has 266 valence electrons. The van der Waals surface area contributed by atoms with Gasteiger partial charge in [0.05, 0.1) is 18.8 Å². The predicted molar refractivity (Wildman–Crippen MR) is 198 cm³/mol. The fourth-order valence-corrected chi connectivity index (χ4v) is 6.05. The second kappa shape index (κ2) is 37.3. The van der Waals surface area contributed by atoms with Crippen molar-refractivity contribution in [2.24, 2.45) is 0 Å². The van der Waals surface area contributed by atoms with Crippen LogP contribution >= 0.6 is 0 Å². The quantitative estimate of drug-likeness (QED) is 0.0475. The summed E-state index contributed by atoms with van der Waals surface area (Å²) >= 11 is 0. The SMILES string of the molecule is CCCCCCCCCC/C=C\CCCCCCCCCCCC(=O)NC(CO)C(O)/C=C/CCCCCCCCCCCC. The van der Waals surface area contributed by atoms with Crippen LogP contribution in [0.25, 0.3) is 0 Å². The number of nitrogens with one attached hydrogen (secondary N) is 1. The van der Waals surface area contributed by atoms with Gasteiger partial charge in [-0.1, -0.05) is 186 Å². The molecule has 2 atom stereocenters. The zero-order chi connectivity index (χ0) is 32.9. The standard InChI is InChI=1S/C41H79NO3/c1-3-5-7-9-11-13-15-17-18-19-20-21-22-23-24-25-27-29-31-33-35-37-41(45)42-39(38-43)40(44)36-34-32-30-28-26-16-14-12-10-8-6-4-2/h19-20,34,36,39-40,43-44H,3-18,21-33,35,37-38H2,1-2H3,(H,42,45)/b20-19-,36-34+. The molecular formula is C41H79NO3. The van der Waals surface area contributed by atoms with Crippen molar-refractivity contribution in [1.82, 2.24) is 5.32 Å². The second-order valence-electron chi connectivity index (χ2n) is 13.7. The van der Waals surface area contributed by atoms with Crippen molar-refractivity contribution in [3.63, 3.8) is 0 Å². The Morgan fingerprint density at radius 3 is 1.22 bits per heavy atom. The molecule has 0 radical (unpaired) electrons. The molecule has 0 bridgehead atoms. The van der Waals surface area contributed by atoms with Crippen molar-refractivity contribution in [2.75, 3.05) is 6.61 Å². The minimum Gasteiger partial charge on any atom is -0.394 e. The van der Waals surface area contributed by atoms with Crippen molar-refractivity contribution >= 4 is 5.91 Å². The summed E-state index contributed by atoms with van der Waals surface area (Å²) in [6.07, 6.45) is 47.0. The minimum absolute atomic E-state index is 0.0666. The Labute approximate surface area is 281 Å². The number of hydrogen-bond donors (Lipinski definition) is 3. The van der Waals surface area contributed by atoms with Gasteiger partial charge in [-0.15, -0.1) is 0 Å². The number of hydrogen-bond acceptors (Lipinski definition) is 3. The number of aliphatic hydroxyl groups excluding tert-OH is 2. The lowest BCUT2D eigenvalue weighted by Gasteiger charge is -2.20. The van der Waals surface area contributed by atoms with Crippen LogP contribution in [0, 0.1) is 0 Å². The van der Waals surface area contributed by atoms with E-state index in [1.807, 2.05) is 6.08 Å². The Morgan fingerprint density at radius 2 is 0.844 bits per heavy atom. The summed E-state index contributed by atoms with van der Waals surface area (Å²) in [6, 6.07) is -0.619. The van der Waals surface area contributed by atoms with Crippen molar-refractivity contribution in [2.45, 2.75) is 225 Å². The lowest BCUT2D eigenvalue weighted by molar-refractivity contribution is -0.123. The van der Waals surface area contributed by atoms with Gasteiger partial charge in [-0.2, -0.15) is 0 Å². The molecule has 0 aromatic carbocycles. The second-order valence-corrected chi connectivity index (χ2v) is 13.7. The largest absolute Gasteiger partial charge is 0.394 e. The van der Waals surface area contributed by atoms with Gasteiger partial charge in [-0.05, 0) is 44.9 Å². The van der Waals surface area contributed by atoms with E-state index in [9.17, 15) is 15.0 Å². The third-order valence-electron chi connectivity index (χ3n) is 9.18. The van der Waals surface area contributed by atoms with Gasteiger partial charge >= 0.3 is 0 Å². The highest BCUT2D eigenvalue weighted by molar-refractivity contribution is 5.76. The smallest absolute Gasteiger partial charge is 0.220 e. The van der Waals surface area contributed by atoms with Crippen LogP contribution in [0.2, 0.25) is 0 Å². The Morgan fingerprint density at radius 1 is 0.511 bits per heavy atom. The molecular weight excluding hydrogens is 554 g/mol. The highest BCUT2D eigenvalue weighted by Crippen LogP contribution is 2.14. The topological polar surface area (TPSA) is 69.6 Å². The molecule has 0 aliphatic rings. The number of aliphatic hydroxyl groups is 2. The molecule has 0 fully saturated rings. The third-order valence-corrected chi connectivity index (χ3v) is 9.18. The number of carbonyl (C=O) groups is 1. The van der Waals surface area contributed by atoms with Crippen molar-refractivity contribution < 1.29 is 15.0 Å². The van der Waals surface area contributed by atoms with E-state index < -0.39 is 12.1 Å². The zero-order valence-electron chi connectivity index (χ0n) is 30.4. The molecule has 2 unspecified atom stereocenters. The average Bonchev–Trinajstić information content (AvgIpc) is 3.04. The number of amides is 1. The Balaban J connectivity index is 3.55. The van der Waals surface area contributed by atoms with Crippen LogP contribution in [-0.2, 0) is 4.79 Å². The van der Waals surface area contributed by atoms with E-state index in [-0.39, 0.29) is 12.5 Å². The van der Waals surface area contributed by atoms with E-state index in [0.29, 0.717) is 6.42 Å². The molecule has 0 aromatic rings. The maximum absolute atomic E-state index is 12.3. The highest BCUT2D eigenvalue weighted by atomic mass is 16.3. The first-order chi connectivity index (χ1) is 22.2. The first-order valence-electron chi connectivity index (χ1n) is 20.1. The molecule has 0 aliphatic carbocycles. The van der Waals surface area contributed by atoms with Crippen LogP contribution in [0.1, 0.15) is 213 Å². The van der Waals surface area contributed by atoms with Crippen molar-refractivity contribution in [1.29, 1.82) is 0 Å². The summed E-state index contributed by atoms with van der Waals surface area (Å²) in [4.78, 5) is 12.3. The number of rotatable bonds is 36. The van der Waals surface area contributed by atoms with Gasteiger partial charge in [0.2, 0.25) is 5.91 Å². The Kier molecular flexibility index (Phi) is 36.4. The molecule has 0 aliphatic heterocycles. The average molecular weight is 634 g/mol. The first-order valence-corrected chi connectivity index (χ1v) is 20.1. The molecule has 4 nitrogen and oxygen atoms in total. The van der Waals surface area contributed by atoms with Crippen molar-refractivity contribution in [3.8, 4) is 0 Å². The normalized spacial score (nSPS) is 13.2. The minimum atomic E-state index is -0.835. The molecule has 0 aromatic heterocycles. The fourth-order valence-electron chi connectivity index (χ4n) is 6.05. The maximum Gasteiger partial charge on any atom is 0.220 e. The highest BCUT2D eigenvalue weighted by Gasteiger charge is 2.17. The van der Waals surface area contributed by atoms with E-state index >= 15 is 0 Å². The number of allylic oxidation sites excluding steroid dienone is 3. The maximum atomic E-state index is 12.3. The van der Waals surface area contributed by atoms with Crippen LogP contribution in [0.4, 0.5) is 0 Å². The van der Waals surface area contributed by atoms with Gasteiger partial charge in [0.1, 0.15) is 0 Å². The van der Waals surface area contributed by atoms with Gasteiger partial charge in [0, 0.05) is 6.42 Å². The molecule has 0 rings (SSSR count). The van der Waals surface area contributed by atoms with Gasteiger partial charge in [-0.3, -0.25) is 4.79 Å². The van der Waals surface area contributed by atoms with E-state index in [1.54, 1.807) is 6.08 Å². The lowest BCUT2D eigenvalue weighted by Crippen LogP contribution is -2.45. The zero-order valence-corrected chi connectivity index (χ0v) is 30.4. The van der Waals surface area contributed by atoms with Gasteiger partial charge in [0.15, 0.2) is 0 Å². The Bertz CT molecular complexity index is 647. The van der Waals surface area contributed by atoms with E-state index in [0.717, 1.165) is 25.7 Å². The Hall–Kier alpha value is -1.13. The molecule has 0 saturated carbocycles. The first kappa shape index (κ1) is 43.9. The predicted octanol–water partition coefficient (Wildman–Crippen LogP) is 12.1. The molecule has 45 heavy (non-hydrogen) atoms. The summed E-state index contributed by atoms with van der Waals surface area (Å²) in [7, 11) is 0. The van der Waals surface area contributed by atoms with Crippen LogP contribution in [0.15, 0.2) is 24.3 Å².